The van der Waals surface area contributed by atoms with Gasteiger partial charge >= 0.3 is 6.18 Å². The van der Waals surface area contributed by atoms with Gasteiger partial charge in [0, 0.05) is 18.0 Å². The quantitative estimate of drug-likeness (QED) is 0.733. The summed E-state index contributed by atoms with van der Waals surface area (Å²) in [7, 11) is 0. The van der Waals surface area contributed by atoms with E-state index in [4.69, 9.17) is 0 Å². The first-order valence-electron chi connectivity index (χ1n) is 8.73. The maximum absolute atomic E-state index is 14.3. The van der Waals surface area contributed by atoms with Crippen molar-refractivity contribution in [2.24, 2.45) is 5.92 Å². The van der Waals surface area contributed by atoms with Crippen LogP contribution in [0.1, 0.15) is 58.1 Å². The Hall–Kier alpha value is -1.77. The van der Waals surface area contributed by atoms with Gasteiger partial charge in [0.2, 0.25) is 5.95 Å². The summed E-state index contributed by atoms with van der Waals surface area (Å²) in [6, 6.07) is -0.0111. The molecule has 9 heteroatoms. The summed E-state index contributed by atoms with van der Waals surface area (Å²) in [5, 5.41) is 12.7. The monoisotopic (exact) mass is 376 g/mol. The molecule has 0 aromatic carbocycles. The van der Waals surface area contributed by atoms with E-state index in [0.717, 1.165) is 6.92 Å². The van der Waals surface area contributed by atoms with Crippen LogP contribution in [-0.2, 0) is 6.42 Å². The number of nitrogens with zero attached hydrogens (tertiary/aromatic N) is 3. The van der Waals surface area contributed by atoms with Gasteiger partial charge in [-0.05, 0) is 39.5 Å². The van der Waals surface area contributed by atoms with Crippen molar-refractivity contribution in [1.29, 1.82) is 0 Å². The number of aryl methyl sites for hydroxylation is 1. The minimum Gasteiger partial charge on any atom is -0.386 e. The lowest BCUT2D eigenvalue weighted by atomic mass is 9.95. The maximum Gasteiger partial charge on any atom is 0.391 e. The summed E-state index contributed by atoms with van der Waals surface area (Å²) >= 11 is 0. The molecule has 0 bridgehead atoms. The molecule has 2 rings (SSSR count). The molecule has 1 aromatic heterocycles. The van der Waals surface area contributed by atoms with Crippen molar-refractivity contribution in [3.63, 3.8) is 0 Å². The first-order chi connectivity index (χ1) is 12.1. The number of alkyl halides is 3. The SMILES string of the molecule is CC(C)Nc1nc(CC[C@H](C)C(F)(F)F)nc(C2=C(F)[C@@H](O)CCC2)n1. The number of anilines is 1. The van der Waals surface area contributed by atoms with Crippen molar-refractivity contribution in [2.75, 3.05) is 5.32 Å². The van der Waals surface area contributed by atoms with Crippen molar-refractivity contribution >= 4 is 11.5 Å². The maximum atomic E-state index is 14.3. The zero-order valence-corrected chi connectivity index (χ0v) is 15.1. The minimum absolute atomic E-state index is 0.000421. The van der Waals surface area contributed by atoms with Crippen molar-refractivity contribution in [3.8, 4) is 0 Å². The van der Waals surface area contributed by atoms with E-state index in [9.17, 15) is 22.7 Å². The molecule has 1 heterocycles. The highest BCUT2D eigenvalue weighted by atomic mass is 19.4. The molecule has 2 N–H and O–H groups in total. The van der Waals surface area contributed by atoms with Crippen LogP contribution in [0.3, 0.4) is 0 Å². The Morgan fingerprint density at radius 3 is 2.50 bits per heavy atom. The lowest BCUT2D eigenvalue weighted by Crippen LogP contribution is -2.21. The molecule has 1 aliphatic rings. The molecule has 0 saturated carbocycles. The van der Waals surface area contributed by atoms with Crippen LogP contribution < -0.4 is 5.32 Å². The van der Waals surface area contributed by atoms with Gasteiger partial charge in [0.15, 0.2) is 5.82 Å². The van der Waals surface area contributed by atoms with Crippen LogP contribution in [0.2, 0.25) is 0 Å². The summed E-state index contributed by atoms with van der Waals surface area (Å²) in [6.07, 6.45) is -4.36. The number of rotatable bonds is 6. The van der Waals surface area contributed by atoms with Gasteiger partial charge in [0.05, 0.1) is 5.92 Å². The standard InChI is InChI=1S/C17H24F4N4O/c1-9(2)22-16-24-13(8-7-10(3)17(19,20)21)23-15(25-16)11-5-4-6-12(26)14(11)18/h9-10,12,26H,4-8H2,1-3H3,(H,22,23,24,25)/t10-,12-/m0/s1. The van der Waals surface area contributed by atoms with Crippen LogP contribution in [0.25, 0.3) is 5.57 Å². The summed E-state index contributed by atoms with van der Waals surface area (Å²) < 4.78 is 52.4. The predicted molar refractivity (Wildman–Crippen MR) is 90.0 cm³/mol. The second-order valence-electron chi connectivity index (χ2n) is 6.91. The van der Waals surface area contributed by atoms with Gasteiger partial charge in [-0.25, -0.2) is 9.37 Å². The number of hydrogen-bond donors (Lipinski definition) is 2. The lowest BCUT2D eigenvalue weighted by molar-refractivity contribution is -0.171. The van der Waals surface area contributed by atoms with Gasteiger partial charge in [-0.3, -0.25) is 0 Å². The van der Waals surface area contributed by atoms with E-state index < -0.39 is 24.0 Å². The number of nitrogens with one attached hydrogen (secondary N) is 1. The van der Waals surface area contributed by atoms with Crippen LogP contribution in [0.5, 0.6) is 0 Å². The molecule has 0 spiro atoms. The first-order valence-corrected chi connectivity index (χ1v) is 8.73. The fourth-order valence-corrected chi connectivity index (χ4v) is 2.64. The average molecular weight is 376 g/mol. The number of allylic oxidation sites excluding steroid dienone is 1. The van der Waals surface area contributed by atoms with E-state index >= 15 is 0 Å². The molecule has 0 saturated heterocycles. The Morgan fingerprint density at radius 2 is 1.88 bits per heavy atom. The normalized spacial score (nSPS) is 19.8. The molecule has 0 amide bonds. The molecule has 26 heavy (non-hydrogen) atoms. The molecule has 0 unspecified atom stereocenters. The first kappa shape index (κ1) is 20.5. The Kier molecular flexibility index (Phi) is 6.54. The average Bonchev–Trinajstić information content (AvgIpc) is 2.53. The number of halogens is 4. The van der Waals surface area contributed by atoms with Crippen molar-refractivity contribution < 1.29 is 22.7 Å². The molecular formula is C17H24F4N4O. The van der Waals surface area contributed by atoms with E-state index in [-0.39, 0.29) is 42.1 Å². The van der Waals surface area contributed by atoms with E-state index in [2.05, 4.69) is 20.3 Å². The Labute approximate surface area is 150 Å². The molecule has 5 nitrogen and oxygen atoms in total. The smallest absolute Gasteiger partial charge is 0.386 e. The molecule has 0 aliphatic heterocycles. The fraction of sp³-hybridized carbons (Fsp3) is 0.706. The highest BCUT2D eigenvalue weighted by Crippen LogP contribution is 2.32. The fourth-order valence-electron chi connectivity index (χ4n) is 2.64. The van der Waals surface area contributed by atoms with E-state index in [1.165, 1.54) is 0 Å². The van der Waals surface area contributed by atoms with E-state index in [0.29, 0.717) is 19.3 Å². The van der Waals surface area contributed by atoms with Gasteiger partial charge in [-0.2, -0.15) is 23.1 Å². The van der Waals surface area contributed by atoms with Crippen molar-refractivity contribution in [1.82, 2.24) is 15.0 Å². The van der Waals surface area contributed by atoms with Gasteiger partial charge in [0.25, 0.3) is 0 Å². The van der Waals surface area contributed by atoms with Crippen LogP contribution in [0, 0.1) is 5.92 Å². The summed E-state index contributed by atoms with van der Waals surface area (Å²) in [5.41, 5.74) is 0.197. The Balaban J connectivity index is 2.32. The number of aliphatic hydroxyl groups is 1. The largest absolute Gasteiger partial charge is 0.391 e. The zero-order valence-electron chi connectivity index (χ0n) is 15.1. The van der Waals surface area contributed by atoms with Gasteiger partial charge < -0.3 is 10.4 Å². The highest BCUT2D eigenvalue weighted by molar-refractivity contribution is 5.64. The van der Waals surface area contributed by atoms with Crippen LogP contribution in [-0.4, -0.2) is 38.4 Å². The highest BCUT2D eigenvalue weighted by Gasteiger charge is 2.35. The Morgan fingerprint density at radius 1 is 1.19 bits per heavy atom. The van der Waals surface area contributed by atoms with Crippen LogP contribution in [0.15, 0.2) is 5.83 Å². The number of hydrogen-bond acceptors (Lipinski definition) is 5. The third-order valence-corrected chi connectivity index (χ3v) is 4.21. The summed E-state index contributed by atoms with van der Waals surface area (Å²) in [4.78, 5) is 12.5. The van der Waals surface area contributed by atoms with Gasteiger partial charge in [-0.1, -0.05) is 6.92 Å². The molecular weight excluding hydrogens is 352 g/mol. The second kappa shape index (κ2) is 8.28. The van der Waals surface area contributed by atoms with Crippen molar-refractivity contribution in [2.45, 2.75) is 71.2 Å². The number of aliphatic hydroxyl groups excluding tert-OH is 1. The van der Waals surface area contributed by atoms with E-state index in [1.807, 2.05) is 13.8 Å². The topological polar surface area (TPSA) is 70.9 Å². The molecule has 0 fully saturated rings. The third-order valence-electron chi connectivity index (χ3n) is 4.21. The molecule has 1 aromatic rings. The number of aromatic nitrogens is 3. The third kappa shape index (κ3) is 5.36. The van der Waals surface area contributed by atoms with Gasteiger partial charge in [0.1, 0.15) is 17.8 Å². The molecule has 2 atom stereocenters. The summed E-state index contributed by atoms with van der Waals surface area (Å²) in [5.74, 6) is -1.71. The predicted octanol–water partition coefficient (Wildman–Crippen LogP) is 4.05. The molecule has 0 radical (unpaired) electrons. The molecule has 1 aliphatic carbocycles. The van der Waals surface area contributed by atoms with Gasteiger partial charge in [-0.15, -0.1) is 0 Å². The van der Waals surface area contributed by atoms with Crippen LogP contribution >= 0.6 is 0 Å². The Bertz CT molecular complexity index is 661. The summed E-state index contributed by atoms with van der Waals surface area (Å²) in [6.45, 7) is 4.83. The van der Waals surface area contributed by atoms with Crippen molar-refractivity contribution in [3.05, 3.63) is 17.5 Å². The zero-order chi connectivity index (χ0) is 19.5. The van der Waals surface area contributed by atoms with E-state index in [1.54, 1.807) is 0 Å². The second-order valence-corrected chi connectivity index (χ2v) is 6.91. The van der Waals surface area contributed by atoms with Crippen LogP contribution in [0.4, 0.5) is 23.5 Å². The minimum atomic E-state index is -4.28. The molecule has 146 valence electrons. The lowest BCUT2D eigenvalue weighted by Gasteiger charge is -2.20.